The summed E-state index contributed by atoms with van der Waals surface area (Å²) in [7, 11) is 1.69. The van der Waals surface area contributed by atoms with Gasteiger partial charge in [-0.1, -0.05) is 49.4 Å². The summed E-state index contributed by atoms with van der Waals surface area (Å²) in [5, 5.41) is 8.19. The molecule has 0 saturated carbocycles. The summed E-state index contributed by atoms with van der Waals surface area (Å²) >= 11 is 0. The third kappa shape index (κ3) is 5.88. The van der Waals surface area contributed by atoms with Crippen molar-refractivity contribution in [3.8, 4) is 5.75 Å². The highest BCUT2D eigenvalue weighted by Gasteiger charge is 2.24. The standard InChI is InChI=1S/C33H36N4O3/c1-4-23(2)34-33(39)28-22-27(35-32(38)26-14-13-24-9-5-6-10-25(24)21-26)15-16-29(28)36-17-19-37(20-18-36)30-11-7-8-12-31(30)40-3/h5-16,21-23H,4,17-20H2,1-3H3,(H,34,39)(H,35,38). The smallest absolute Gasteiger partial charge is 0.255 e. The van der Waals surface area contributed by atoms with Crippen LogP contribution < -0.4 is 25.2 Å². The Bertz CT molecular complexity index is 1510. The molecule has 1 heterocycles. The van der Waals surface area contributed by atoms with Crippen LogP contribution in [0.15, 0.2) is 84.9 Å². The zero-order chi connectivity index (χ0) is 28.1. The molecule has 7 heteroatoms. The average molecular weight is 537 g/mol. The van der Waals surface area contributed by atoms with E-state index in [9.17, 15) is 9.59 Å². The predicted octanol–water partition coefficient (Wildman–Crippen LogP) is 5.96. The van der Waals surface area contributed by atoms with E-state index in [1.807, 2.05) is 86.6 Å². The molecule has 1 fully saturated rings. The Kier molecular flexibility index (Phi) is 8.20. The molecular weight excluding hydrogens is 500 g/mol. The number of nitrogens with one attached hydrogen (secondary N) is 2. The Morgan fingerprint density at radius 2 is 1.48 bits per heavy atom. The number of rotatable bonds is 8. The van der Waals surface area contributed by atoms with Crippen LogP contribution in [0.2, 0.25) is 0 Å². The Morgan fingerprint density at radius 3 is 2.20 bits per heavy atom. The number of piperazine rings is 1. The number of hydrogen-bond donors (Lipinski definition) is 2. The Morgan fingerprint density at radius 1 is 0.800 bits per heavy atom. The molecule has 2 amide bonds. The number of ether oxygens (including phenoxy) is 1. The van der Waals surface area contributed by atoms with Crippen molar-refractivity contribution in [2.75, 3.05) is 48.4 Å². The first-order chi connectivity index (χ1) is 19.5. The molecule has 0 spiro atoms. The molecule has 206 valence electrons. The van der Waals surface area contributed by atoms with Crippen LogP contribution in [0.4, 0.5) is 17.1 Å². The van der Waals surface area contributed by atoms with Crippen molar-refractivity contribution in [3.05, 3.63) is 96.1 Å². The Balaban J connectivity index is 1.37. The highest BCUT2D eigenvalue weighted by atomic mass is 16.5. The number of carbonyl (C=O) groups is 2. The first-order valence-electron chi connectivity index (χ1n) is 13.8. The van der Waals surface area contributed by atoms with Crippen LogP contribution in [0.3, 0.4) is 0 Å². The van der Waals surface area contributed by atoms with E-state index in [1.165, 1.54) is 0 Å². The van der Waals surface area contributed by atoms with Gasteiger partial charge in [0.15, 0.2) is 0 Å². The van der Waals surface area contributed by atoms with E-state index in [0.29, 0.717) is 16.8 Å². The molecule has 1 unspecified atom stereocenters. The minimum Gasteiger partial charge on any atom is -0.495 e. The van der Waals surface area contributed by atoms with Gasteiger partial charge in [0.25, 0.3) is 11.8 Å². The second-order valence-electron chi connectivity index (χ2n) is 10.2. The number of nitrogens with zero attached hydrogens (tertiary/aromatic N) is 2. The summed E-state index contributed by atoms with van der Waals surface area (Å²) in [5.74, 6) is 0.506. The summed E-state index contributed by atoms with van der Waals surface area (Å²) in [5.41, 5.74) is 3.65. The minimum atomic E-state index is -0.211. The second kappa shape index (κ2) is 12.1. The van der Waals surface area contributed by atoms with E-state index in [1.54, 1.807) is 13.2 Å². The number of fused-ring (bicyclic) bond motifs is 1. The fraction of sp³-hybridized carbons (Fsp3) is 0.273. The number of amides is 2. The van der Waals surface area contributed by atoms with Crippen LogP contribution >= 0.6 is 0 Å². The molecule has 1 saturated heterocycles. The lowest BCUT2D eigenvalue weighted by molar-refractivity contribution is 0.0938. The van der Waals surface area contributed by atoms with Crippen molar-refractivity contribution < 1.29 is 14.3 Å². The van der Waals surface area contributed by atoms with Crippen LogP contribution in [-0.2, 0) is 0 Å². The molecule has 7 nitrogen and oxygen atoms in total. The lowest BCUT2D eigenvalue weighted by Gasteiger charge is -2.38. The number of methoxy groups -OCH3 is 1. The molecule has 1 aliphatic rings. The maximum atomic E-state index is 13.4. The van der Waals surface area contributed by atoms with Crippen molar-refractivity contribution >= 4 is 39.6 Å². The van der Waals surface area contributed by atoms with Gasteiger partial charge >= 0.3 is 0 Å². The molecule has 0 radical (unpaired) electrons. The minimum absolute atomic E-state index is 0.0404. The van der Waals surface area contributed by atoms with E-state index in [-0.39, 0.29) is 17.9 Å². The fourth-order valence-electron chi connectivity index (χ4n) is 5.09. The SMILES string of the molecule is CCC(C)NC(=O)c1cc(NC(=O)c2ccc3ccccc3c2)ccc1N1CCN(c2ccccc2OC)CC1. The summed E-state index contributed by atoms with van der Waals surface area (Å²) in [6.45, 7) is 7.15. The van der Waals surface area contributed by atoms with Crippen LogP contribution in [0.1, 0.15) is 41.0 Å². The largest absolute Gasteiger partial charge is 0.495 e. The van der Waals surface area contributed by atoms with E-state index in [2.05, 4.69) is 26.5 Å². The van der Waals surface area contributed by atoms with Gasteiger partial charge in [0.05, 0.1) is 18.4 Å². The number of benzene rings is 4. The highest BCUT2D eigenvalue weighted by Crippen LogP contribution is 2.31. The van der Waals surface area contributed by atoms with Gasteiger partial charge in [-0.15, -0.1) is 0 Å². The number of hydrogen-bond acceptors (Lipinski definition) is 5. The average Bonchev–Trinajstić information content (AvgIpc) is 3.00. The molecule has 0 bridgehead atoms. The van der Waals surface area contributed by atoms with Gasteiger partial charge in [-0.2, -0.15) is 0 Å². The van der Waals surface area contributed by atoms with Gasteiger partial charge in [0, 0.05) is 49.2 Å². The molecule has 2 N–H and O–H groups in total. The lowest BCUT2D eigenvalue weighted by atomic mass is 10.1. The normalized spacial score (nSPS) is 14.1. The molecular formula is C33H36N4O3. The molecule has 0 aliphatic carbocycles. The Hall–Kier alpha value is -4.52. The van der Waals surface area contributed by atoms with Gasteiger partial charge in [-0.25, -0.2) is 0 Å². The van der Waals surface area contributed by atoms with Crippen molar-refractivity contribution in [2.24, 2.45) is 0 Å². The first-order valence-corrected chi connectivity index (χ1v) is 13.8. The molecule has 4 aromatic rings. The monoisotopic (exact) mass is 536 g/mol. The molecule has 1 aliphatic heterocycles. The quantitative estimate of drug-likeness (QED) is 0.291. The fourth-order valence-corrected chi connectivity index (χ4v) is 5.09. The lowest BCUT2D eigenvalue weighted by Crippen LogP contribution is -2.47. The van der Waals surface area contributed by atoms with Gasteiger partial charge < -0.3 is 25.2 Å². The number of carbonyl (C=O) groups excluding carboxylic acids is 2. The van der Waals surface area contributed by atoms with Crippen molar-refractivity contribution in [3.63, 3.8) is 0 Å². The summed E-state index contributed by atoms with van der Waals surface area (Å²) in [6.07, 6.45) is 0.830. The molecule has 5 rings (SSSR count). The Labute approximate surface area is 235 Å². The topological polar surface area (TPSA) is 73.9 Å². The number of anilines is 3. The van der Waals surface area contributed by atoms with Crippen molar-refractivity contribution in [2.45, 2.75) is 26.3 Å². The van der Waals surface area contributed by atoms with Gasteiger partial charge in [0.2, 0.25) is 0 Å². The zero-order valence-corrected chi connectivity index (χ0v) is 23.3. The second-order valence-corrected chi connectivity index (χ2v) is 10.2. The third-order valence-electron chi connectivity index (χ3n) is 7.55. The van der Waals surface area contributed by atoms with E-state index in [4.69, 9.17) is 4.74 Å². The van der Waals surface area contributed by atoms with Crippen LogP contribution in [0.5, 0.6) is 5.75 Å². The summed E-state index contributed by atoms with van der Waals surface area (Å²) < 4.78 is 5.56. The zero-order valence-electron chi connectivity index (χ0n) is 23.3. The maximum Gasteiger partial charge on any atom is 0.255 e. The van der Waals surface area contributed by atoms with Crippen LogP contribution in [-0.4, -0.2) is 51.1 Å². The van der Waals surface area contributed by atoms with Crippen LogP contribution in [0, 0.1) is 0 Å². The van der Waals surface area contributed by atoms with E-state index >= 15 is 0 Å². The molecule has 4 aromatic carbocycles. The third-order valence-corrected chi connectivity index (χ3v) is 7.55. The van der Waals surface area contributed by atoms with Crippen LogP contribution in [0.25, 0.3) is 10.8 Å². The van der Waals surface area contributed by atoms with Crippen molar-refractivity contribution in [1.82, 2.24) is 5.32 Å². The van der Waals surface area contributed by atoms with E-state index < -0.39 is 0 Å². The maximum absolute atomic E-state index is 13.4. The summed E-state index contributed by atoms with van der Waals surface area (Å²) in [4.78, 5) is 31.1. The van der Waals surface area contributed by atoms with Gasteiger partial charge in [0.1, 0.15) is 5.75 Å². The van der Waals surface area contributed by atoms with Gasteiger partial charge in [-0.3, -0.25) is 9.59 Å². The predicted molar refractivity (Wildman–Crippen MR) is 163 cm³/mol. The molecule has 1 atom stereocenters. The number of para-hydroxylation sites is 2. The van der Waals surface area contributed by atoms with Gasteiger partial charge in [-0.05, 0) is 66.6 Å². The molecule has 40 heavy (non-hydrogen) atoms. The highest BCUT2D eigenvalue weighted by molar-refractivity contribution is 6.08. The summed E-state index contributed by atoms with van der Waals surface area (Å²) in [6, 6.07) is 27.3. The first kappa shape index (κ1) is 27.1. The van der Waals surface area contributed by atoms with E-state index in [0.717, 1.165) is 60.5 Å². The molecule has 0 aromatic heterocycles. The van der Waals surface area contributed by atoms with Crippen molar-refractivity contribution in [1.29, 1.82) is 0 Å².